The van der Waals surface area contributed by atoms with Crippen LogP contribution >= 0.6 is 0 Å². The number of benzene rings is 3. The summed E-state index contributed by atoms with van der Waals surface area (Å²) in [6.45, 7) is 18.2. The number of aliphatic hydroxyl groups is 3. The Balaban J connectivity index is 0.916. The highest BCUT2D eigenvalue weighted by atomic mass is 16.8. The number of amides is 4. The fraction of sp³-hybridized carbons (Fsp3) is 0.575. The van der Waals surface area contributed by atoms with E-state index in [1.165, 1.54) is 49.1 Å². The van der Waals surface area contributed by atoms with E-state index in [-0.39, 0.29) is 98.8 Å². The van der Waals surface area contributed by atoms with Gasteiger partial charge < -0.3 is 88.7 Å². The van der Waals surface area contributed by atoms with Crippen LogP contribution in [0.25, 0.3) is 0 Å². The largest absolute Gasteiger partial charge is 0.497 e. The summed E-state index contributed by atoms with van der Waals surface area (Å²) in [4.78, 5) is 92.9. The van der Waals surface area contributed by atoms with Crippen molar-refractivity contribution in [1.29, 1.82) is 0 Å². The molecule has 0 spiro atoms. The SMILES string of the molecule is C=CCOC(=O)NCc1ccc(CNC(=O)O[C@H]2CC[C@@]3(C)C(=CC[C@@H]4C3CC[C@@]3(C)[C@H]4C[C@H](O[C@@H]4OC[C@H](O)[C@H](O[C@@H]5OC[C@@H](O)[C@H](OC(=O)NCc6ccc(CNC(=O)OCC=C)cc6)[C@H]5OC(=O)c5ccc(OC)cc5)[C@H]4OC(C)=O)[C@]3(O)[C@H](C)C(=O)CCC(C)C)C2)cc1. The molecule has 3 saturated carbocycles. The molecule has 9 rings (SSSR count). The van der Waals surface area contributed by atoms with Gasteiger partial charge in [-0.25, -0.2) is 24.0 Å². The third-order valence-corrected chi connectivity index (χ3v) is 20.7. The van der Waals surface area contributed by atoms with Crippen LogP contribution in [0.5, 0.6) is 5.75 Å². The fourth-order valence-electron chi connectivity index (χ4n) is 15.3. The van der Waals surface area contributed by atoms with Crippen molar-refractivity contribution in [3.8, 4) is 5.75 Å². The van der Waals surface area contributed by atoms with Gasteiger partial charge in [0.15, 0.2) is 30.9 Å². The standard InChI is InChI=1S/C73H96N4O21/c1-10-32-89-67(83)74-36-45-13-17-47(18-14-45)38-76-69(85)94-52-28-30-71(7)50(34-52)23-26-53-54(71)29-31-72(8)55(53)35-59(73(72,87)43(5)56(79)27-12-42(3)4)95-65-62(93-44(6)78)60(57(80)40-91-65)97-66-63(96-64(82)49-21-24-51(88-9)25-22-49)61(58(81)41-92-66)98-70(86)77-39-48-19-15-46(16-20-48)37-75-68(84)90-33-11-2/h10-11,13-25,42-43,52-55,57-63,65-66,80-81,87H,1-2,12,26-41H2,3-9H3,(H,74,83)(H,75,84)(H,76,85)(H,77,86)/t43-,52+,53-,54?,55+,57+,58-,59+,60+,61+,62-,63-,65+,66+,71+,72+,73-/m1/s1. The van der Waals surface area contributed by atoms with Gasteiger partial charge in [0.2, 0.25) is 0 Å². The van der Waals surface area contributed by atoms with E-state index in [1.807, 2.05) is 38.1 Å². The molecular formula is C73H96N4O21. The lowest BCUT2D eigenvalue weighted by atomic mass is 9.46. The molecule has 25 nitrogen and oxygen atoms in total. The Morgan fingerprint density at radius 3 is 1.69 bits per heavy atom. The molecule has 2 aliphatic heterocycles. The Bertz CT molecular complexity index is 3310. The number of methoxy groups -OCH3 is 1. The van der Waals surface area contributed by atoms with Gasteiger partial charge in [0.25, 0.3) is 0 Å². The maximum atomic E-state index is 14.6. The van der Waals surface area contributed by atoms with Crippen molar-refractivity contribution in [1.82, 2.24) is 21.3 Å². The first-order chi connectivity index (χ1) is 46.9. The summed E-state index contributed by atoms with van der Waals surface area (Å²) in [6, 6.07) is 20.3. The molecule has 534 valence electrons. The molecule has 4 aliphatic carbocycles. The first kappa shape index (κ1) is 74.3. The minimum atomic E-state index is -1.81. The minimum absolute atomic E-state index is 0.0275. The molecule has 3 aromatic carbocycles. The zero-order valence-corrected chi connectivity index (χ0v) is 56.9. The molecule has 3 aromatic rings. The molecule has 17 atom stereocenters. The van der Waals surface area contributed by atoms with Gasteiger partial charge >= 0.3 is 36.3 Å². The Morgan fingerprint density at radius 2 is 1.16 bits per heavy atom. The molecule has 4 amide bonds. The van der Waals surface area contributed by atoms with Gasteiger partial charge in [0, 0.05) is 57.3 Å². The Morgan fingerprint density at radius 1 is 0.643 bits per heavy atom. The molecule has 1 unspecified atom stereocenters. The average molecular weight is 1370 g/mol. The number of Topliss-reactive ketones (excluding diaryl/α,β-unsaturated/α-hetero) is 1. The van der Waals surface area contributed by atoms with Crippen LogP contribution in [0.15, 0.2) is 110 Å². The third kappa shape index (κ3) is 17.6. The normalized spacial score (nSPS) is 30.4. The van der Waals surface area contributed by atoms with Crippen molar-refractivity contribution in [3.63, 3.8) is 0 Å². The van der Waals surface area contributed by atoms with Gasteiger partial charge in [-0.15, -0.1) is 0 Å². The molecule has 98 heavy (non-hydrogen) atoms. The molecule has 2 saturated heterocycles. The first-order valence-corrected chi connectivity index (χ1v) is 33.8. The highest BCUT2D eigenvalue weighted by Crippen LogP contribution is 2.69. The Hall–Kier alpha value is -7.91. The molecule has 0 bridgehead atoms. The summed E-state index contributed by atoms with van der Waals surface area (Å²) in [6.07, 6.45) is -7.11. The van der Waals surface area contributed by atoms with E-state index < -0.39 is 122 Å². The van der Waals surface area contributed by atoms with E-state index in [1.54, 1.807) is 31.2 Å². The van der Waals surface area contributed by atoms with Crippen molar-refractivity contribution < 1.29 is 101 Å². The number of ketones is 1. The molecule has 7 N–H and O–H groups in total. The van der Waals surface area contributed by atoms with E-state index in [2.05, 4.69) is 54.3 Å². The van der Waals surface area contributed by atoms with E-state index in [9.17, 15) is 48.9 Å². The second-order valence-electron chi connectivity index (χ2n) is 27.3. The average Bonchev–Trinajstić information content (AvgIpc) is 1.49. The van der Waals surface area contributed by atoms with Gasteiger partial charge in [-0.05, 0) is 121 Å². The molecule has 2 heterocycles. The van der Waals surface area contributed by atoms with Crippen molar-refractivity contribution in [3.05, 3.63) is 138 Å². The first-order valence-electron chi connectivity index (χ1n) is 33.8. The van der Waals surface area contributed by atoms with Crippen molar-refractivity contribution in [2.24, 2.45) is 40.4 Å². The van der Waals surface area contributed by atoms with Gasteiger partial charge in [0.1, 0.15) is 54.8 Å². The van der Waals surface area contributed by atoms with Crippen molar-refractivity contribution >= 4 is 42.1 Å². The molecule has 25 heteroatoms. The summed E-state index contributed by atoms with van der Waals surface area (Å²) in [5, 5.41) is 48.2. The number of alkyl carbamates (subject to hydrolysis) is 4. The number of fused-ring (bicyclic) bond motifs is 5. The number of hydrogen-bond acceptors (Lipinski definition) is 21. The minimum Gasteiger partial charge on any atom is -0.497 e. The monoisotopic (exact) mass is 1360 g/mol. The topological polar surface area (TPSA) is 330 Å². The number of rotatable bonds is 27. The van der Waals surface area contributed by atoms with Crippen molar-refractivity contribution in [2.45, 2.75) is 193 Å². The summed E-state index contributed by atoms with van der Waals surface area (Å²) in [5.74, 6) is -2.23. The molecule has 5 fully saturated rings. The summed E-state index contributed by atoms with van der Waals surface area (Å²) in [7, 11) is 1.46. The third-order valence-electron chi connectivity index (χ3n) is 20.7. The number of ether oxygens (including phenoxy) is 11. The van der Waals surface area contributed by atoms with E-state index in [4.69, 9.17) is 52.1 Å². The quantitative estimate of drug-likeness (QED) is 0.0213. The van der Waals surface area contributed by atoms with E-state index >= 15 is 0 Å². The molecule has 0 radical (unpaired) electrons. The smallest absolute Gasteiger partial charge is 0.407 e. The number of nitrogens with one attached hydrogen (secondary N) is 4. The van der Waals surface area contributed by atoms with Crippen LogP contribution in [0.2, 0.25) is 0 Å². The lowest BCUT2D eigenvalue weighted by Crippen LogP contribution is -2.64. The molecular weight excluding hydrogens is 1270 g/mol. The summed E-state index contributed by atoms with van der Waals surface area (Å²) < 4.78 is 65.1. The van der Waals surface area contributed by atoms with Gasteiger partial charge in [-0.1, -0.05) is 120 Å². The van der Waals surface area contributed by atoms with Crippen LogP contribution in [0.4, 0.5) is 19.2 Å². The number of allylic oxidation sites excluding steroid dienone is 1. The lowest BCUT2D eigenvalue weighted by Gasteiger charge is -2.59. The Labute approximate surface area is 571 Å². The Kier molecular flexibility index (Phi) is 25.3. The van der Waals surface area contributed by atoms with Gasteiger partial charge in [-0.3, -0.25) is 9.59 Å². The van der Waals surface area contributed by atoms with Crippen LogP contribution < -0.4 is 26.0 Å². The van der Waals surface area contributed by atoms with Crippen LogP contribution in [-0.4, -0.2) is 158 Å². The maximum absolute atomic E-state index is 14.6. The van der Waals surface area contributed by atoms with E-state index in [0.717, 1.165) is 36.5 Å². The second kappa shape index (κ2) is 33.3. The second-order valence-corrected chi connectivity index (χ2v) is 27.3. The number of esters is 2. The zero-order chi connectivity index (χ0) is 70.5. The highest BCUT2D eigenvalue weighted by Gasteiger charge is 2.71. The zero-order valence-electron chi connectivity index (χ0n) is 56.9. The predicted octanol–water partition coefficient (Wildman–Crippen LogP) is 8.72. The lowest BCUT2D eigenvalue weighted by molar-refractivity contribution is -0.344. The van der Waals surface area contributed by atoms with Crippen LogP contribution in [0.3, 0.4) is 0 Å². The number of hydrogen-bond donors (Lipinski definition) is 7. The fourth-order valence-corrected chi connectivity index (χ4v) is 15.3. The summed E-state index contributed by atoms with van der Waals surface area (Å²) >= 11 is 0. The number of carbonyl (C=O) groups is 7. The maximum Gasteiger partial charge on any atom is 0.407 e. The van der Waals surface area contributed by atoms with Crippen LogP contribution in [0, 0.1) is 40.4 Å². The summed E-state index contributed by atoms with van der Waals surface area (Å²) in [5.41, 5.74) is 1.36. The van der Waals surface area contributed by atoms with Crippen molar-refractivity contribution in [2.75, 3.05) is 33.5 Å². The number of carbonyl (C=O) groups excluding carboxylic acids is 7. The van der Waals surface area contributed by atoms with Crippen LogP contribution in [-0.2, 0) is 83.1 Å². The predicted molar refractivity (Wildman–Crippen MR) is 353 cm³/mol. The molecule has 0 aromatic heterocycles. The van der Waals surface area contributed by atoms with Gasteiger partial charge in [0.05, 0.1) is 32.0 Å². The van der Waals surface area contributed by atoms with Gasteiger partial charge in [-0.2, -0.15) is 0 Å². The highest BCUT2D eigenvalue weighted by molar-refractivity contribution is 5.89. The van der Waals surface area contributed by atoms with E-state index in [0.29, 0.717) is 43.4 Å². The molecule has 6 aliphatic rings. The van der Waals surface area contributed by atoms with Crippen LogP contribution in [0.1, 0.15) is 132 Å². The number of aliphatic hydroxyl groups excluding tert-OH is 2.